The largest absolute Gasteiger partial charge is 0.425 e. The summed E-state index contributed by atoms with van der Waals surface area (Å²) in [6.45, 7) is 5.10. The van der Waals surface area contributed by atoms with Gasteiger partial charge in [0.05, 0.1) is 10.5 Å². The van der Waals surface area contributed by atoms with E-state index in [0.717, 1.165) is 21.0 Å². The van der Waals surface area contributed by atoms with Gasteiger partial charge in [-0.25, -0.2) is 8.42 Å². The molecule has 0 saturated heterocycles. The summed E-state index contributed by atoms with van der Waals surface area (Å²) in [4.78, 5) is 12.1. The van der Waals surface area contributed by atoms with Gasteiger partial charge in [0.2, 0.25) is 10.0 Å². The van der Waals surface area contributed by atoms with Crippen molar-refractivity contribution >= 4 is 16.0 Å². The standard InChI is InChI=1S/C19H20N2O4S/c1-13-9-10-14(2)19(15(13)3)25-18(22)12-21(4)26(23,24)17-8-6-5-7-16(17)11-20/h5-10H,12H2,1-4H3. The van der Waals surface area contributed by atoms with Gasteiger partial charge in [-0.3, -0.25) is 4.79 Å². The fourth-order valence-electron chi connectivity index (χ4n) is 2.45. The lowest BCUT2D eigenvalue weighted by Crippen LogP contribution is -2.34. The first kappa shape index (κ1) is 19.6. The van der Waals surface area contributed by atoms with Gasteiger partial charge in [-0.05, 0) is 49.6 Å². The lowest BCUT2D eigenvalue weighted by Gasteiger charge is -2.18. The summed E-state index contributed by atoms with van der Waals surface area (Å²) in [5.41, 5.74) is 2.63. The number of carbonyl (C=O) groups is 1. The van der Waals surface area contributed by atoms with Gasteiger partial charge in [-0.1, -0.05) is 24.3 Å². The number of nitrogens with zero attached hydrogens (tertiary/aromatic N) is 2. The Morgan fingerprint density at radius 1 is 1.12 bits per heavy atom. The average molecular weight is 372 g/mol. The maximum atomic E-state index is 12.7. The van der Waals surface area contributed by atoms with Crippen molar-refractivity contribution in [2.24, 2.45) is 0 Å². The van der Waals surface area contributed by atoms with E-state index in [1.165, 1.54) is 25.2 Å². The second-order valence-electron chi connectivity index (χ2n) is 6.00. The minimum Gasteiger partial charge on any atom is -0.425 e. The summed E-state index contributed by atoms with van der Waals surface area (Å²) in [5, 5.41) is 9.10. The second-order valence-corrected chi connectivity index (χ2v) is 8.01. The molecule has 2 aromatic rings. The molecule has 2 aromatic carbocycles. The first-order valence-electron chi connectivity index (χ1n) is 7.91. The van der Waals surface area contributed by atoms with Crippen LogP contribution in [0.1, 0.15) is 22.3 Å². The Kier molecular flexibility index (Phi) is 5.80. The van der Waals surface area contributed by atoms with E-state index >= 15 is 0 Å². The molecular weight excluding hydrogens is 352 g/mol. The Bertz CT molecular complexity index is 991. The van der Waals surface area contributed by atoms with E-state index in [9.17, 15) is 13.2 Å². The van der Waals surface area contributed by atoms with Crippen LogP contribution in [0.2, 0.25) is 0 Å². The number of hydrogen-bond acceptors (Lipinski definition) is 5. The molecule has 0 heterocycles. The summed E-state index contributed by atoms with van der Waals surface area (Å²) in [6.07, 6.45) is 0. The third kappa shape index (κ3) is 3.93. The number of hydrogen-bond donors (Lipinski definition) is 0. The molecular formula is C19H20N2O4S. The molecule has 0 aliphatic rings. The molecule has 0 aliphatic carbocycles. The van der Waals surface area contributed by atoms with Gasteiger partial charge in [-0.15, -0.1) is 0 Å². The highest BCUT2D eigenvalue weighted by Gasteiger charge is 2.26. The molecule has 0 radical (unpaired) electrons. The van der Waals surface area contributed by atoms with Crippen LogP contribution >= 0.6 is 0 Å². The van der Waals surface area contributed by atoms with Crippen molar-refractivity contribution in [2.45, 2.75) is 25.7 Å². The maximum absolute atomic E-state index is 12.7. The lowest BCUT2D eigenvalue weighted by molar-refractivity contribution is -0.134. The number of esters is 1. The maximum Gasteiger partial charge on any atom is 0.326 e. The van der Waals surface area contributed by atoms with E-state index in [1.807, 2.05) is 39.0 Å². The summed E-state index contributed by atoms with van der Waals surface area (Å²) in [5.74, 6) is -0.250. The minimum absolute atomic E-state index is 0.0260. The Balaban J connectivity index is 2.22. The topological polar surface area (TPSA) is 87.5 Å². The molecule has 0 amide bonds. The average Bonchev–Trinajstić information content (AvgIpc) is 2.61. The third-order valence-corrected chi connectivity index (χ3v) is 6.00. The smallest absolute Gasteiger partial charge is 0.326 e. The molecule has 0 unspecified atom stereocenters. The van der Waals surface area contributed by atoms with E-state index in [4.69, 9.17) is 10.00 Å². The van der Waals surface area contributed by atoms with Gasteiger partial charge in [-0.2, -0.15) is 9.57 Å². The molecule has 0 fully saturated rings. The summed E-state index contributed by atoms with van der Waals surface area (Å²) in [6, 6.07) is 11.5. The number of likely N-dealkylation sites (N-methyl/N-ethyl adjacent to an activating group) is 1. The van der Waals surface area contributed by atoms with E-state index in [-0.39, 0.29) is 10.5 Å². The van der Waals surface area contributed by atoms with Gasteiger partial charge in [0, 0.05) is 7.05 Å². The number of aryl methyl sites for hydroxylation is 2. The fourth-order valence-corrected chi connectivity index (χ4v) is 3.70. The SMILES string of the molecule is Cc1ccc(C)c(OC(=O)CN(C)S(=O)(=O)c2ccccc2C#N)c1C. The molecule has 0 atom stereocenters. The molecule has 26 heavy (non-hydrogen) atoms. The van der Waals surface area contributed by atoms with Crippen molar-refractivity contribution in [3.63, 3.8) is 0 Å². The highest BCUT2D eigenvalue weighted by atomic mass is 32.2. The van der Waals surface area contributed by atoms with Crippen LogP contribution in [-0.4, -0.2) is 32.3 Å². The summed E-state index contributed by atoms with van der Waals surface area (Å²) >= 11 is 0. The Morgan fingerprint density at radius 3 is 2.38 bits per heavy atom. The van der Waals surface area contributed by atoms with Crippen molar-refractivity contribution in [3.8, 4) is 11.8 Å². The van der Waals surface area contributed by atoms with E-state index in [0.29, 0.717) is 5.75 Å². The number of benzene rings is 2. The molecule has 0 saturated carbocycles. The monoisotopic (exact) mass is 372 g/mol. The molecule has 2 rings (SSSR count). The zero-order valence-electron chi connectivity index (χ0n) is 15.1. The van der Waals surface area contributed by atoms with Crippen LogP contribution in [0.3, 0.4) is 0 Å². The molecule has 0 spiro atoms. The van der Waals surface area contributed by atoms with Crippen LogP contribution in [0.5, 0.6) is 5.75 Å². The Labute approximate surface area is 153 Å². The molecule has 0 aliphatic heterocycles. The zero-order chi connectivity index (χ0) is 19.5. The number of rotatable bonds is 5. The van der Waals surface area contributed by atoms with Crippen LogP contribution in [-0.2, 0) is 14.8 Å². The molecule has 136 valence electrons. The van der Waals surface area contributed by atoms with Crippen molar-refractivity contribution in [1.29, 1.82) is 5.26 Å². The van der Waals surface area contributed by atoms with Crippen LogP contribution < -0.4 is 4.74 Å². The van der Waals surface area contributed by atoms with Crippen LogP contribution in [0.15, 0.2) is 41.3 Å². The van der Waals surface area contributed by atoms with Gasteiger partial charge in [0.15, 0.2) is 0 Å². The Morgan fingerprint density at radius 2 is 1.73 bits per heavy atom. The predicted octanol–water partition coefficient (Wildman–Crippen LogP) is 2.71. The van der Waals surface area contributed by atoms with Crippen LogP contribution in [0.25, 0.3) is 0 Å². The van der Waals surface area contributed by atoms with E-state index in [1.54, 1.807) is 6.07 Å². The number of carbonyl (C=O) groups excluding carboxylic acids is 1. The fraction of sp³-hybridized carbons (Fsp3) is 0.263. The molecule has 0 N–H and O–H groups in total. The lowest BCUT2D eigenvalue weighted by atomic mass is 10.1. The van der Waals surface area contributed by atoms with Gasteiger partial charge in [0.25, 0.3) is 0 Å². The highest BCUT2D eigenvalue weighted by Crippen LogP contribution is 2.26. The summed E-state index contributed by atoms with van der Waals surface area (Å²) < 4.78 is 31.6. The number of ether oxygens (including phenoxy) is 1. The van der Waals surface area contributed by atoms with Gasteiger partial charge >= 0.3 is 5.97 Å². The van der Waals surface area contributed by atoms with Crippen molar-refractivity contribution in [3.05, 3.63) is 58.7 Å². The quantitative estimate of drug-likeness (QED) is 0.595. The Hall–Kier alpha value is -2.69. The number of nitriles is 1. The van der Waals surface area contributed by atoms with Crippen molar-refractivity contribution < 1.29 is 17.9 Å². The first-order chi connectivity index (χ1) is 12.2. The molecule has 0 bridgehead atoms. The zero-order valence-corrected chi connectivity index (χ0v) is 15.9. The van der Waals surface area contributed by atoms with Crippen LogP contribution in [0, 0.1) is 32.1 Å². The molecule has 6 nitrogen and oxygen atoms in total. The van der Waals surface area contributed by atoms with Gasteiger partial charge in [0.1, 0.15) is 18.4 Å². The van der Waals surface area contributed by atoms with Crippen LogP contribution in [0.4, 0.5) is 0 Å². The first-order valence-corrected chi connectivity index (χ1v) is 9.35. The predicted molar refractivity (Wildman–Crippen MR) is 97.3 cm³/mol. The number of sulfonamides is 1. The van der Waals surface area contributed by atoms with E-state index in [2.05, 4.69) is 0 Å². The van der Waals surface area contributed by atoms with Crippen molar-refractivity contribution in [2.75, 3.05) is 13.6 Å². The second kappa shape index (κ2) is 7.68. The van der Waals surface area contributed by atoms with Crippen molar-refractivity contribution in [1.82, 2.24) is 4.31 Å². The third-order valence-electron chi connectivity index (χ3n) is 4.14. The molecule has 7 heteroatoms. The summed E-state index contributed by atoms with van der Waals surface area (Å²) in [7, 11) is -2.71. The van der Waals surface area contributed by atoms with Gasteiger partial charge < -0.3 is 4.74 Å². The van der Waals surface area contributed by atoms with E-state index < -0.39 is 22.5 Å². The minimum atomic E-state index is -3.99. The highest BCUT2D eigenvalue weighted by molar-refractivity contribution is 7.89. The molecule has 0 aromatic heterocycles. The normalized spacial score (nSPS) is 11.2.